The highest BCUT2D eigenvalue weighted by atomic mass is 16.6. The third-order valence-corrected chi connectivity index (χ3v) is 1.57. The minimum atomic E-state index is -1.18. The quantitative estimate of drug-likeness (QED) is 0.663. The Morgan fingerprint density at radius 2 is 2.08 bits per heavy atom. The van der Waals surface area contributed by atoms with E-state index in [1.54, 1.807) is 24.3 Å². The lowest BCUT2D eigenvalue weighted by Gasteiger charge is -2.09. The van der Waals surface area contributed by atoms with Crippen molar-refractivity contribution >= 4 is 5.91 Å². The topological polar surface area (TPSA) is 58.6 Å². The van der Waals surface area contributed by atoms with E-state index >= 15 is 0 Å². The van der Waals surface area contributed by atoms with Crippen LogP contribution in [0.25, 0.3) is 0 Å². The molecular formula is C9H11NO3. The third-order valence-electron chi connectivity index (χ3n) is 1.57. The van der Waals surface area contributed by atoms with E-state index in [-0.39, 0.29) is 0 Å². The van der Waals surface area contributed by atoms with Crippen LogP contribution in [0.5, 0.6) is 0 Å². The number of benzene rings is 1. The molecule has 0 spiro atoms. The highest BCUT2D eigenvalue weighted by molar-refractivity contribution is 5.80. The first-order valence-electron chi connectivity index (χ1n) is 3.81. The summed E-state index contributed by atoms with van der Waals surface area (Å²) >= 11 is 0. The number of carbonyl (C=O) groups excluding carboxylic acids is 1. The molecule has 0 aliphatic rings. The maximum atomic E-state index is 11.1. The van der Waals surface area contributed by atoms with E-state index in [9.17, 15) is 9.90 Å². The van der Waals surface area contributed by atoms with E-state index in [0.717, 1.165) is 0 Å². The summed E-state index contributed by atoms with van der Waals surface area (Å²) in [7, 11) is 1.32. The van der Waals surface area contributed by atoms with Gasteiger partial charge in [0.1, 0.15) is 0 Å². The molecule has 1 rings (SSSR count). The number of hydrogen-bond donors (Lipinski definition) is 2. The van der Waals surface area contributed by atoms with Gasteiger partial charge in [-0.05, 0) is 5.56 Å². The Balaban J connectivity index is 2.68. The number of hydrogen-bond acceptors (Lipinski definition) is 3. The van der Waals surface area contributed by atoms with Gasteiger partial charge in [0.15, 0.2) is 6.10 Å². The molecule has 1 aromatic rings. The molecule has 0 aliphatic carbocycles. The van der Waals surface area contributed by atoms with Gasteiger partial charge in [0.05, 0.1) is 7.11 Å². The molecule has 0 unspecified atom stereocenters. The second-order valence-corrected chi connectivity index (χ2v) is 2.48. The summed E-state index contributed by atoms with van der Waals surface area (Å²) in [5.41, 5.74) is 2.59. The molecule has 70 valence electrons. The van der Waals surface area contributed by atoms with Crippen molar-refractivity contribution in [2.75, 3.05) is 7.11 Å². The van der Waals surface area contributed by atoms with Gasteiger partial charge in [-0.3, -0.25) is 9.63 Å². The second kappa shape index (κ2) is 4.59. The molecule has 0 saturated carbocycles. The van der Waals surface area contributed by atoms with Crippen LogP contribution in [-0.4, -0.2) is 18.1 Å². The lowest BCUT2D eigenvalue weighted by Crippen LogP contribution is -2.28. The maximum absolute atomic E-state index is 11.1. The van der Waals surface area contributed by atoms with Crippen molar-refractivity contribution in [3.05, 3.63) is 35.9 Å². The molecule has 0 saturated heterocycles. The maximum Gasteiger partial charge on any atom is 0.276 e. The molecule has 1 amide bonds. The largest absolute Gasteiger partial charge is 0.378 e. The molecule has 0 aromatic heterocycles. The Kier molecular flexibility index (Phi) is 3.42. The van der Waals surface area contributed by atoms with E-state index in [0.29, 0.717) is 5.56 Å². The Morgan fingerprint density at radius 3 is 2.62 bits per heavy atom. The third kappa shape index (κ3) is 2.54. The van der Waals surface area contributed by atoms with Crippen molar-refractivity contribution in [3.8, 4) is 0 Å². The van der Waals surface area contributed by atoms with Gasteiger partial charge in [0.25, 0.3) is 5.91 Å². The summed E-state index contributed by atoms with van der Waals surface area (Å²) in [6.07, 6.45) is -1.18. The number of rotatable bonds is 3. The lowest BCUT2D eigenvalue weighted by atomic mass is 10.1. The Labute approximate surface area is 76.1 Å². The average molecular weight is 181 g/mol. The number of aliphatic hydroxyl groups is 1. The molecular weight excluding hydrogens is 170 g/mol. The van der Waals surface area contributed by atoms with Crippen molar-refractivity contribution in [1.29, 1.82) is 0 Å². The van der Waals surface area contributed by atoms with Crippen molar-refractivity contribution in [3.63, 3.8) is 0 Å². The van der Waals surface area contributed by atoms with Crippen LogP contribution in [0.15, 0.2) is 30.3 Å². The minimum absolute atomic E-state index is 0.539. The molecule has 2 N–H and O–H groups in total. The fraction of sp³-hybridized carbons (Fsp3) is 0.222. The van der Waals surface area contributed by atoms with Gasteiger partial charge in [0, 0.05) is 0 Å². The summed E-state index contributed by atoms with van der Waals surface area (Å²) in [6.45, 7) is 0. The molecule has 4 heteroatoms. The van der Waals surface area contributed by atoms with Crippen LogP contribution in [0.4, 0.5) is 0 Å². The van der Waals surface area contributed by atoms with Crippen LogP contribution >= 0.6 is 0 Å². The molecule has 1 atom stereocenters. The molecule has 4 nitrogen and oxygen atoms in total. The first kappa shape index (κ1) is 9.70. The number of carbonyl (C=O) groups is 1. The SMILES string of the molecule is CONC(=O)[C@@H](O)c1ccccc1. The van der Waals surface area contributed by atoms with Gasteiger partial charge in [-0.15, -0.1) is 0 Å². The Hall–Kier alpha value is -1.39. The first-order chi connectivity index (χ1) is 6.25. The molecule has 0 radical (unpaired) electrons. The smallest absolute Gasteiger partial charge is 0.276 e. The second-order valence-electron chi connectivity index (χ2n) is 2.48. The van der Waals surface area contributed by atoms with E-state index in [4.69, 9.17) is 0 Å². The summed E-state index contributed by atoms with van der Waals surface area (Å²) in [5.74, 6) is -0.575. The molecule has 1 aromatic carbocycles. The van der Waals surface area contributed by atoms with Gasteiger partial charge in [-0.1, -0.05) is 30.3 Å². The molecule has 0 fully saturated rings. The lowest BCUT2D eigenvalue weighted by molar-refractivity contribution is -0.140. The Morgan fingerprint density at radius 1 is 1.46 bits per heavy atom. The number of aliphatic hydroxyl groups excluding tert-OH is 1. The van der Waals surface area contributed by atoms with Crippen molar-refractivity contribution < 1.29 is 14.7 Å². The van der Waals surface area contributed by atoms with Crippen LogP contribution in [-0.2, 0) is 9.63 Å². The molecule has 13 heavy (non-hydrogen) atoms. The summed E-state index contributed by atoms with van der Waals surface area (Å²) < 4.78 is 0. The van der Waals surface area contributed by atoms with Crippen LogP contribution in [0.2, 0.25) is 0 Å². The summed E-state index contributed by atoms with van der Waals surface area (Å²) in [4.78, 5) is 15.4. The van der Waals surface area contributed by atoms with E-state index in [1.807, 2.05) is 6.07 Å². The van der Waals surface area contributed by atoms with Gasteiger partial charge in [-0.25, -0.2) is 5.48 Å². The minimum Gasteiger partial charge on any atom is -0.378 e. The Bertz CT molecular complexity index is 273. The summed E-state index contributed by atoms with van der Waals surface area (Å²) in [6, 6.07) is 8.64. The number of nitrogens with one attached hydrogen (secondary N) is 1. The van der Waals surface area contributed by atoms with Crippen molar-refractivity contribution in [1.82, 2.24) is 5.48 Å². The zero-order valence-electron chi connectivity index (χ0n) is 7.23. The van der Waals surface area contributed by atoms with Crippen LogP contribution in [0.1, 0.15) is 11.7 Å². The van der Waals surface area contributed by atoms with Crippen LogP contribution < -0.4 is 5.48 Å². The van der Waals surface area contributed by atoms with E-state index < -0.39 is 12.0 Å². The fourth-order valence-electron chi connectivity index (χ4n) is 0.943. The van der Waals surface area contributed by atoms with E-state index in [2.05, 4.69) is 10.3 Å². The highest BCUT2D eigenvalue weighted by Crippen LogP contribution is 2.11. The molecule has 0 aliphatic heterocycles. The monoisotopic (exact) mass is 181 g/mol. The molecule has 0 heterocycles. The van der Waals surface area contributed by atoms with Gasteiger partial charge in [-0.2, -0.15) is 0 Å². The van der Waals surface area contributed by atoms with Crippen molar-refractivity contribution in [2.24, 2.45) is 0 Å². The number of amides is 1. The van der Waals surface area contributed by atoms with Gasteiger partial charge >= 0.3 is 0 Å². The summed E-state index contributed by atoms with van der Waals surface area (Å²) in [5, 5.41) is 9.43. The van der Waals surface area contributed by atoms with Crippen LogP contribution in [0, 0.1) is 0 Å². The number of hydroxylamine groups is 1. The predicted octanol–water partition coefficient (Wildman–Crippen LogP) is 0.398. The highest BCUT2D eigenvalue weighted by Gasteiger charge is 2.15. The van der Waals surface area contributed by atoms with Gasteiger partial charge in [0.2, 0.25) is 0 Å². The van der Waals surface area contributed by atoms with Crippen molar-refractivity contribution in [2.45, 2.75) is 6.10 Å². The predicted molar refractivity (Wildman–Crippen MR) is 46.6 cm³/mol. The average Bonchev–Trinajstić information content (AvgIpc) is 2.18. The first-order valence-corrected chi connectivity index (χ1v) is 3.81. The van der Waals surface area contributed by atoms with E-state index in [1.165, 1.54) is 7.11 Å². The fourth-order valence-corrected chi connectivity index (χ4v) is 0.943. The zero-order chi connectivity index (χ0) is 9.68. The van der Waals surface area contributed by atoms with Gasteiger partial charge < -0.3 is 5.11 Å². The van der Waals surface area contributed by atoms with Crippen LogP contribution in [0.3, 0.4) is 0 Å². The zero-order valence-corrected chi connectivity index (χ0v) is 7.23. The molecule has 0 bridgehead atoms. The normalized spacial score (nSPS) is 12.2. The standard InChI is InChI=1S/C9H11NO3/c1-13-10-9(12)8(11)7-5-3-2-4-6-7/h2-6,8,11H,1H3,(H,10,12)/t8-/m0/s1.